The number of ether oxygens (including phenoxy) is 1. The van der Waals surface area contributed by atoms with Crippen LogP contribution < -0.4 is 0 Å². The van der Waals surface area contributed by atoms with Gasteiger partial charge >= 0.3 is 6.18 Å². The van der Waals surface area contributed by atoms with E-state index in [-0.39, 0.29) is 5.56 Å². The van der Waals surface area contributed by atoms with Gasteiger partial charge in [-0.2, -0.15) is 13.2 Å². The molecule has 0 aliphatic carbocycles. The lowest BCUT2D eigenvalue weighted by molar-refractivity contribution is -0.216. The molecule has 0 fully saturated rings. The Morgan fingerprint density at radius 3 is 2.20 bits per heavy atom. The first-order valence-electron chi connectivity index (χ1n) is 3.94. The van der Waals surface area contributed by atoms with Crippen molar-refractivity contribution in [3.8, 4) is 0 Å². The normalized spacial score (nSPS) is 13.9. The molecule has 0 spiro atoms. The van der Waals surface area contributed by atoms with E-state index in [1.54, 1.807) is 6.26 Å². The number of nitrogens with zero attached hydrogens (tertiary/aromatic N) is 2. The molecule has 1 heterocycles. The third-order valence-corrected chi connectivity index (χ3v) is 2.24. The summed E-state index contributed by atoms with van der Waals surface area (Å²) >= 11 is 1.26. The lowest BCUT2D eigenvalue weighted by atomic mass is 10.2. The molecule has 1 atom stereocenters. The molecule has 1 aromatic heterocycles. The quantitative estimate of drug-likeness (QED) is 0.598. The summed E-state index contributed by atoms with van der Waals surface area (Å²) in [6.45, 7) is 0. The molecule has 0 bridgehead atoms. The fraction of sp³-hybridized carbons (Fsp3) is 0.500. The first-order valence-corrected chi connectivity index (χ1v) is 5.17. The maximum Gasteiger partial charge on any atom is 0.418 e. The molecule has 0 N–H and O–H groups in total. The van der Waals surface area contributed by atoms with Crippen LogP contribution in [0.4, 0.5) is 13.2 Å². The first-order chi connectivity index (χ1) is 6.99. The monoisotopic (exact) mass is 238 g/mol. The predicted octanol–water partition coefficient (Wildman–Crippen LogP) is 2.45. The Bertz CT molecular complexity index is 315. The molecule has 1 rings (SSSR count). The van der Waals surface area contributed by atoms with Crippen LogP contribution in [-0.4, -0.2) is 29.5 Å². The Hall–Kier alpha value is -0.820. The average molecular weight is 238 g/mol. The standard InChI is InChI=1S/C8H9F3N2OS/c1-14-6(8(9,10)11)5-3-12-7(15-2)13-4-5/h3-4,6H,1-2H3. The van der Waals surface area contributed by atoms with Gasteiger partial charge in [-0.25, -0.2) is 9.97 Å². The van der Waals surface area contributed by atoms with Crippen LogP contribution in [-0.2, 0) is 4.74 Å². The molecule has 84 valence electrons. The molecule has 0 amide bonds. The predicted molar refractivity (Wildman–Crippen MR) is 49.6 cm³/mol. The van der Waals surface area contributed by atoms with Gasteiger partial charge in [0, 0.05) is 25.1 Å². The summed E-state index contributed by atoms with van der Waals surface area (Å²) in [4.78, 5) is 7.50. The minimum Gasteiger partial charge on any atom is -0.367 e. The SMILES string of the molecule is COC(c1cnc(SC)nc1)C(F)(F)F. The molecule has 0 saturated heterocycles. The van der Waals surface area contributed by atoms with Crippen molar-refractivity contribution in [2.75, 3.05) is 13.4 Å². The molecule has 3 nitrogen and oxygen atoms in total. The Balaban J connectivity index is 2.93. The number of thioether (sulfide) groups is 1. The van der Waals surface area contributed by atoms with Crippen molar-refractivity contribution in [2.45, 2.75) is 17.4 Å². The zero-order valence-corrected chi connectivity index (χ0v) is 8.89. The van der Waals surface area contributed by atoms with Crippen LogP contribution in [0.25, 0.3) is 0 Å². The van der Waals surface area contributed by atoms with Crippen LogP contribution in [0.15, 0.2) is 17.6 Å². The van der Waals surface area contributed by atoms with E-state index in [0.29, 0.717) is 5.16 Å². The molecule has 1 aromatic rings. The van der Waals surface area contributed by atoms with E-state index in [1.165, 1.54) is 11.8 Å². The molecule has 7 heteroatoms. The van der Waals surface area contributed by atoms with E-state index < -0.39 is 12.3 Å². The van der Waals surface area contributed by atoms with Gasteiger partial charge in [-0.1, -0.05) is 11.8 Å². The Morgan fingerprint density at radius 1 is 1.33 bits per heavy atom. The Labute approximate surface area is 89.1 Å². The molecule has 0 saturated carbocycles. The molecule has 0 aliphatic rings. The smallest absolute Gasteiger partial charge is 0.367 e. The van der Waals surface area contributed by atoms with E-state index in [9.17, 15) is 13.2 Å². The van der Waals surface area contributed by atoms with Gasteiger partial charge in [0.15, 0.2) is 11.3 Å². The van der Waals surface area contributed by atoms with Crippen molar-refractivity contribution in [2.24, 2.45) is 0 Å². The Morgan fingerprint density at radius 2 is 1.87 bits per heavy atom. The van der Waals surface area contributed by atoms with Crippen molar-refractivity contribution in [1.82, 2.24) is 9.97 Å². The van der Waals surface area contributed by atoms with Crippen LogP contribution in [0, 0.1) is 0 Å². The minimum absolute atomic E-state index is 0.0946. The van der Waals surface area contributed by atoms with E-state index in [0.717, 1.165) is 19.5 Å². The van der Waals surface area contributed by atoms with Gasteiger partial charge < -0.3 is 4.74 Å². The number of hydrogen-bond acceptors (Lipinski definition) is 4. The van der Waals surface area contributed by atoms with Gasteiger partial charge in [0.25, 0.3) is 0 Å². The number of halogens is 3. The number of methoxy groups -OCH3 is 1. The van der Waals surface area contributed by atoms with E-state index in [2.05, 4.69) is 14.7 Å². The summed E-state index contributed by atoms with van der Waals surface area (Å²) in [5, 5.41) is 0.427. The van der Waals surface area contributed by atoms with Crippen LogP contribution in [0.2, 0.25) is 0 Å². The summed E-state index contributed by atoms with van der Waals surface area (Å²) in [6, 6.07) is 0. The van der Waals surface area contributed by atoms with Gasteiger partial charge in [-0.3, -0.25) is 0 Å². The summed E-state index contributed by atoms with van der Waals surface area (Å²) in [7, 11) is 1.00. The van der Waals surface area contributed by atoms with Crippen LogP contribution in [0.5, 0.6) is 0 Å². The third kappa shape index (κ3) is 3.07. The molecule has 15 heavy (non-hydrogen) atoms. The lowest BCUT2D eigenvalue weighted by Gasteiger charge is -2.18. The first kappa shape index (κ1) is 12.3. The van der Waals surface area contributed by atoms with E-state index in [4.69, 9.17) is 0 Å². The van der Waals surface area contributed by atoms with Crippen LogP contribution in [0.1, 0.15) is 11.7 Å². The van der Waals surface area contributed by atoms with Gasteiger partial charge in [0.1, 0.15) is 0 Å². The molecule has 1 unspecified atom stereocenters. The van der Waals surface area contributed by atoms with Crippen molar-refractivity contribution in [3.05, 3.63) is 18.0 Å². The summed E-state index contributed by atoms with van der Waals surface area (Å²) in [5.41, 5.74) is -0.0946. The van der Waals surface area contributed by atoms with Gasteiger partial charge in [-0.15, -0.1) is 0 Å². The highest BCUT2D eigenvalue weighted by Crippen LogP contribution is 2.34. The van der Waals surface area contributed by atoms with Crippen LogP contribution >= 0.6 is 11.8 Å². The molecular weight excluding hydrogens is 229 g/mol. The Kier molecular flexibility index (Phi) is 3.92. The second-order valence-corrected chi connectivity index (χ2v) is 3.43. The van der Waals surface area contributed by atoms with E-state index >= 15 is 0 Å². The van der Waals surface area contributed by atoms with Gasteiger partial charge in [-0.05, 0) is 6.26 Å². The largest absolute Gasteiger partial charge is 0.418 e. The summed E-state index contributed by atoms with van der Waals surface area (Å²) in [6.07, 6.45) is -2.42. The average Bonchev–Trinajstić information content (AvgIpc) is 2.18. The second-order valence-electron chi connectivity index (χ2n) is 2.66. The molecule has 0 aromatic carbocycles. The van der Waals surface area contributed by atoms with Crippen molar-refractivity contribution < 1.29 is 17.9 Å². The van der Waals surface area contributed by atoms with Crippen LogP contribution in [0.3, 0.4) is 0 Å². The lowest BCUT2D eigenvalue weighted by Crippen LogP contribution is -2.22. The number of rotatable bonds is 3. The zero-order valence-electron chi connectivity index (χ0n) is 8.08. The fourth-order valence-corrected chi connectivity index (χ4v) is 1.34. The second kappa shape index (κ2) is 4.80. The third-order valence-electron chi connectivity index (χ3n) is 1.67. The number of hydrogen-bond donors (Lipinski definition) is 0. The highest BCUT2D eigenvalue weighted by atomic mass is 32.2. The topological polar surface area (TPSA) is 35.0 Å². The van der Waals surface area contributed by atoms with Gasteiger partial charge in [0.2, 0.25) is 0 Å². The fourth-order valence-electron chi connectivity index (χ4n) is 1.03. The highest BCUT2D eigenvalue weighted by Gasteiger charge is 2.41. The molecular formula is C8H9F3N2OS. The minimum atomic E-state index is -4.45. The molecule has 0 aliphatic heterocycles. The number of aromatic nitrogens is 2. The van der Waals surface area contributed by atoms with Crippen molar-refractivity contribution in [3.63, 3.8) is 0 Å². The van der Waals surface area contributed by atoms with Crippen molar-refractivity contribution in [1.29, 1.82) is 0 Å². The summed E-state index contributed by atoms with van der Waals surface area (Å²) in [5.74, 6) is 0. The molecule has 0 radical (unpaired) electrons. The maximum atomic E-state index is 12.4. The highest BCUT2D eigenvalue weighted by molar-refractivity contribution is 7.98. The number of alkyl halides is 3. The van der Waals surface area contributed by atoms with E-state index in [1.807, 2.05) is 0 Å². The zero-order chi connectivity index (χ0) is 11.5. The van der Waals surface area contributed by atoms with Gasteiger partial charge in [0.05, 0.1) is 0 Å². The van der Waals surface area contributed by atoms with Crippen molar-refractivity contribution >= 4 is 11.8 Å². The maximum absolute atomic E-state index is 12.4. The summed E-state index contributed by atoms with van der Waals surface area (Å²) < 4.78 is 41.6.